The molecule has 2 rings (SSSR count). The normalized spacial score (nSPS) is 11.9. The highest BCUT2D eigenvalue weighted by Crippen LogP contribution is 2.19. The van der Waals surface area contributed by atoms with Gasteiger partial charge in [0.25, 0.3) is 5.91 Å². The second kappa shape index (κ2) is 7.83. The highest BCUT2D eigenvalue weighted by atomic mass is 19.2. The number of ether oxygens (including phenoxy) is 1. The minimum atomic E-state index is -1.61. The summed E-state index contributed by atoms with van der Waals surface area (Å²) in [7, 11) is 3.35. The molecule has 24 heavy (non-hydrogen) atoms. The van der Waals surface area contributed by atoms with Gasteiger partial charge in [-0.1, -0.05) is 12.1 Å². The van der Waals surface area contributed by atoms with Crippen LogP contribution in [0.2, 0.25) is 0 Å². The molecule has 1 amide bonds. The van der Waals surface area contributed by atoms with Gasteiger partial charge in [-0.15, -0.1) is 0 Å². The van der Waals surface area contributed by atoms with E-state index in [9.17, 15) is 18.0 Å². The molecule has 2 aromatic carbocycles. The van der Waals surface area contributed by atoms with Crippen LogP contribution in [0.25, 0.3) is 0 Å². The lowest BCUT2D eigenvalue weighted by atomic mass is 10.2. The number of quaternary nitrogens is 1. The maximum absolute atomic E-state index is 13.6. The fraction of sp³-hybridized carbons (Fsp3) is 0.235. The Morgan fingerprint density at radius 1 is 1.12 bits per heavy atom. The van der Waals surface area contributed by atoms with Gasteiger partial charge in [0.2, 0.25) is 0 Å². The van der Waals surface area contributed by atoms with Crippen LogP contribution < -0.4 is 15.0 Å². The average molecular weight is 339 g/mol. The third kappa shape index (κ3) is 4.26. The molecule has 0 spiro atoms. The number of carbonyl (C=O) groups is 1. The van der Waals surface area contributed by atoms with Crippen molar-refractivity contribution in [2.24, 2.45) is 0 Å². The smallest absolute Gasteiger partial charge is 0.279 e. The maximum Gasteiger partial charge on any atom is 0.279 e. The Labute approximate surface area is 137 Å². The summed E-state index contributed by atoms with van der Waals surface area (Å²) in [6.45, 7) is 0.536. The maximum atomic E-state index is 13.6. The van der Waals surface area contributed by atoms with Gasteiger partial charge in [-0.3, -0.25) is 4.79 Å². The SMILES string of the molecule is COc1ccccc1C[NH+](C)CC(=O)Nc1ccc(F)c(F)c1F. The van der Waals surface area contributed by atoms with Crippen LogP contribution in [-0.2, 0) is 11.3 Å². The standard InChI is InChI=1S/C17H17F3N2O2/c1-22(9-11-5-3-4-6-14(11)24-2)10-15(23)21-13-8-7-12(18)16(19)17(13)20/h3-8H,9-10H2,1-2H3,(H,21,23)/p+1. The zero-order valence-corrected chi connectivity index (χ0v) is 13.3. The Bertz CT molecular complexity index is 738. The van der Waals surface area contributed by atoms with E-state index < -0.39 is 23.4 Å². The van der Waals surface area contributed by atoms with Crippen molar-refractivity contribution < 1.29 is 27.6 Å². The van der Waals surface area contributed by atoms with E-state index >= 15 is 0 Å². The van der Waals surface area contributed by atoms with Gasteiger partial charge in [-0.05, 0) is 24.3 Å². The van der Waals surface area contributed by atoms with Crippen molar-refractivity contribution in [1.29, 1.82) is 0 Å². The summed E-state index contributed by atoms with van der Waals surface area (Å²) in [4.78, 5) is 12.8. The Kier molecular flexibility index (Phi) is 5.81. The molecule has 2 aromatic rings. The van der Waals surface area contributed by atoms with Gasteiger partial charge in [0.05, 0.1) is 19.8 Å². The van der Waals surface area contributed by atoms with Gasteiger partial charge in [0.15, 0.2) is 24.0 Å². The minimum absolute atomic E-state index is 0.0243. The second-order valence-electron chi connectivity index (χ2n) is 5.39. The number of carbonyl (C=O) groups excluding carboxylic acids is 1. The van der Waals surface area contributed by atoms with Crippen LogP contribution in [0.3, 0.4) is 0 Å². The number of rotatable bonds is 6. The summed E-state index contributed by atoms with van der Waals surface area (Å²) in [5.74, 6) is -4.12. The summed E-state index contributed by atoms with van der Waals surface area (Å²) < 4.78 is 44.8. The van der Waals surface area contributed by atoms with Gasteiger partial charge in [-0.2, -0.15) is 0 Å². The van der Waals surface area contributed by atoms with Crippen molar-refractivity contribution in [2.45, 2.75) is 6.54 Å². The van der Waals surface area contributed by atoms with Crippen molar-refractivity contribution >= 4 is 11.6 Å². The van der Waals surface area contributed by atoms with Gasteiger partial charge >= 0.3 is 0 Å². The molecule has 2 N–H and O–H groups in total. The largest absolute Gasteiger partial charge is 0.496 e. The quantitative estimate of drug-likeness (QED) is 0.788. The molecule has 0 heterocycles. The van der Waals surface area contributed by atoms with Crippen LogP contribution in [0.15, 0.2) is 36.4 Å². The Morgan fingerprint density at radius 3 is 2.54 bits per heavy atom. The van der Waals surface area contributed by atoms with E-state index in [1.807, 2.05) is 24.3 Å². The summed E-state index contributed by atoms with van der Waals surface area (Å²) in [6, 6.07) is 9.16. The molecule has 0 radical (unpaired) electrons. The van der Waals surface area contributed by atoms with Gasteiger partial charge in [-0.25, -0.2) is 13.2 Å². The zero-order valence-electron chi connectivity index (χ0n) is 13.3. The first kappa shape index (κ1) is 17.8. The summed E-state index contributed by atoms with van der Waals surface area (Å²) >= 11 is 0. The molecule has 0 aromatic heterocycles. The number of benzene rings is 2. The molecular weight excluding hydrogens is 321 g/mol. The molecule has 1 unspecified atom stereocenters. The molecule has 0 aliphatic rings. The van der Waals surface area contributed by atoms with Gasteiger partial charge in [0, 0.05) is 5.56 Å². The summed E-state index contributed by atoms with van der Waals surface area (Å²) in [6.07, 6.45) is 0. The third-order valence-electron chi connectivity index (χ3n) is 3.46. The molecule has 0 aliphatic heterocycles. The molecule has 4 nitrogen and oxygen atoms in total. The second-order valence-corrected chi connectivity index (χ2v) is 5.39. The number of amides is 1. The van der Waals surface area contributed by atoms with Crippen molar-refractivity contribution in [3.8, 4) is 5.75 Å². The summed E-state index contributed by atoms with van der Waals surface area (Å²) in [5, 5.41) is 2.25. The van der Waals surface area contributed by atoms with Gasteiger partial charge in [0.1, 0.15) is 12.3 Å². The van der Waals surface area contributed by atoms with Crippen molar-refractivity contribution in [3.63, 3.8) is 0 Å². The van der Waals surface area contributed by atoms with E-state index in [0.717, 1.165) is 22.6 Å². The first-order valence-corrected chi connectivity index (χ1v) is 7.29. The molecule has 7 heteroatoms. The number of hydrogen-bond donors (Lipinski definition) is 2. The van der Waals surface area contributed by atoms with Crippen LogP contribution >= 0.6 is 0 Å². The van der Waals surface area contributed by atoms with E-state index in [1.165, 1.54) is 0 Å². The summed E-state index contributed by atoms with van der Waals surface area (Å²) in [5.41, 5.74) is 0.535. The number of anilines is 1. The molecule has 128 valence electrons. The van der Waals surface area contributed by atoms with Crippen molar-refractivity contribution in [1.82, 2.24) is 0 Å². The lowest BCUT2D eigenvalue weighted by Crippen LogP contribution is -3.08. The van der Waals surface area contributed by atoms with E-state index in [0.29, 0.717) is 12.3 Å². The molecule has 0 aliphatic carbocycles. The van der Waals surface area contributed by atoms with Gasteiger partial charge < -0.3 is 15.0 Å². The van der Waals surface area contributed by atoms with Crippen molar-refractivity contribution in [2.75, 3.05) is 26.0 Å². The molecular formula is C17H18F3N2O2+. The van der Waals surface area contributed by atoms with Crippen LogP contribution in [-0.4, -0.2) is 26.6 Å². The third-order valence-corrected chi connectivity index (χ3v) is 3.46. The van der Waals surface area contributed by atoms with Crippen LogP contribution in [0, 0.1) is 17.5 Å². The average Bonchev–Trinajstić information content (AvgIpc) is 2.55. The Hall–Kier alpha value is -2.54. The van der Waals surface area contributed by atoms with Crippen LogP contribution in [0.4, 0.5) is 18.9 Å². The van der Waals surface area contributed by atoms with E-state index in [-0.39, 0.29) is 12.2 Å². The highest BCUT2D eigenvalue weighted by molar-refractivity contribution is 5.91. The molecule has 0 bridgehead atoms. The highest BCUT2D eigenvalue weighted by Gasteiger charge is 2.18. The Balaban J connectivity index is 1.98. The number of likely N-dealkylation sites (N-methyl/N-ethyl adjacent to an activating group) is 1. The monoisotopic (exact) mass is 339 g/mol. The molecule has 0 saturated heterocycles. The van der Waals surface area contributed by atoms with E-state index in [1.54, 1.807) is 14.2 Å². The fourth-order valence-corrected chi connectivity index (χ4v) is 2.33. The van der Waals surface area contributed by atoms with Crippen LogP contribution in [0.5, 0.6) is 5.75 Å². The fourth-order valence-electron chi connectivity index (χ4n) is 2.33. The number of hydrogen-bond acceptors (Lipinski definition) is 2. The molecule has 0 fully saturated rings. The minimum Gasteiger partial charge on any atom is -0.496 e. The number of nitrogens with one attached hydrogen (secondary N) is 2. The number of methoxy groups -OCH3 is 1. The zero-order chi connectivity index (χ0) is 17.7. The molecule has 1 atom stereocenters. The van der Waals surface area contributed by atoms with Crippen LogP contribution in [0.1, 0.15) is 5.56 Å². The first-order chi connectivity index (χ1) is 11.4. The molecule has 0 saturated carbocycles. The lowest BCUT2D eigenvalue weighted by Gasteiger charge is -2.16. The van der Waals surface area contributed by atoms with E-state index in [4.69, 9.17) is 4.74 Å². The van der Waals surface area contributed by atoms with E-state index in [2.05, 4.69) is 5.32 Å². The predicted octanol–water partition coefficient (Wildman–Crippen LogP) is 1.77. The van der Waals surface area contributed by atoms with Crippen molar-refractivity contribution in [3.05, 3.63) is 59.4 Å². The first-order valence-electron chi connectivity index (χ1n) is 7.29. The predicted molar refractivity (Wildman–Crippen MR) is 83.4 cm³/mol. The number of halogens is 3. The number of para-hydroxylation sites is 1. The Morgan fingerprint density at radius 2 is 1.83 bits per heavy atom. The topological polar surface area (TPSA) is 42.8 Å². The lowest BCUT2D eigenvalue weighted by molar-refractivity contribution is -0.885.